The summed E-state index contributed by atoms with van der Waals surface area (Å²) in [5, 5.41) is 8.16. The number of imidazole rings is 1. The van der Waals surface area contributed by atoms with Crippen molar-refractivity contribution in [3.05, 3.63) is 70.3 Å². The van der Waals surface area contributed by atoms with Crippen LogP contribution < -0.4 is 15.2 Å². The number of benzene rings is 2. The molecule has 4 rings (SSSR count). The lowest BCUT2D eigenvalue weighted by Crippen LogP contribution is -2.28. The van der Waals surface area contributed by atoms with Gasteiger partial charge in [-0.3, -0.25) is 4.57 Å². The van der Waals surface area contributed by atoms with Gasteiger partial charge in [0.2, 0.25) is 0 Å². The topological polar surface area (TPSA) is 116 Å². The summed E-state index contributed by atoms with van der Waals surface area (Å²) in [4.78, 5) is 16.0. The average Bonchev–Trinajstić information content (AvgIpc) is 3.12. The fourth-order valence-electron chi connectivity index (χ4n) is 4.04. The highest BCUT2D eigenvalue weighted by atomic mass is 32.2. The molecule has 4 aromatic rings. The van der Waals surface area contributed by atoms with Gasteiger partial charge in [0, 0.05) is 18.0 Å². The quantitative estimate of drug-likeness (QED) is 0.410. The maximum Gasteiger partial charge on any atom is 0.327 e. The zero-order valence-corrected chi connectivity index (χ0v) is 20.2. The number of aromatic amines is 1. The summed E-state index contributed by atoms with van der Waals surface area (Å²) in [6.45, 7) is 4.19. The van der Waals surface area contributed by atoms with Crippen LogP contribution in [0, 0.1) is 6.92 Å². The summed E-state index contributed by atoms with van der Waals surface area (Å²) in [6, 6.07) is 11.7. The maximum absolute atomic E-state index is 13.1. The summed E-state index contributed by atoms with van der Waals surface area (Å²) in [7, 11) is -1.91. The number of sulfone groups is 1. The molecule has 0 spiro atoms. The monoisotopic (exact) mass is 482 g/mol. The average molecular weight is 483 g/mol. The number of nitrogens with one attached hydrogen (secondary N) is 1. The first kappa shape index (κ1) is 23.5. The fraction of sp³-hybridized carbons (Fsp3) is 0.292. The Hall–Kier alpha value is -3.66. The molecule has 178 valence electrons. The van der Waals surface area contributed by atoms with Gasteiger partial charge in [-0.05, 0) is 55.3 Å². The van der Waals surface area contributed by atoms with Gasteiger partial charge in [0.05, 0.1) is 42.2 Å². The third-order valence-electron chi connectivity index (χ3n) is 5.56. The second kappa shape index (κ2) is 9.30. The van der Waals surface area contributed by atoms with Crippen LogP contribution in [-0.2, 0) is 9.84 Å². The molecule has 0 fully saturated rings. The molecule has 2 heterocycles. The smallest absolute Gasteiger partial charge is 0.327 e. The predicted molar refractivity (Wildman–Crippen MR) is 130 cm³/mol. The van der Waals surface area contributed by atoms with Gasteiger partial charge >= 0.3 is 5.69 Å². The summed E-state index contributed by atoms with van der Waals surface area (Å²) in [5.74, 6) is 0.747. The number of H-pyrrole nitrogens is 1. The van der Waals surface area contributed by atoms with Crippen LogP contribution in [-0.4, -0.2) is 53.9 Å². The lowest BCUT2D eigenvalue weighted by atomic mass is 10.1. The van der Waals surface area contributed by atoms with Gasteiger partial charge in [-0.15, -0.1) is 0 Å². The Morgan fingerprint density at radius 2 is 1.91 bits per heavy atom. The van der Waals surface area contributed by atoms with Crippen LogP contribution in [0.3, 0.4) is 0 Å². The van der Waals surface area contributed by atoms with Crippen molar-refractivity contribution in [1.82, 2.24) is 19.7 Å². The van der Waals surface area contributed by atoms with Crippen LogP contribution in [0.2, 0.25) is 0 Å². The number of aryl methyl sites for hydroxylation is 1. The largest absolute Gasteiger partial charge is 0.493 e. The van der Waals surface area contributed by atoms with Crippen molar-refractivity contribution in [1.29, 1.82) is 0 Å². The normalized spacial score (nSPS) is 12.6. The van der Waals surface area contributed by atoms with Gasteiger partial charge in [-0.25, -0.2) is 13.2 Å². The fourth-order valence-corrected chi connectivity index (χ4v) is 4.96. The van der Waals surface area contributed by atoms with Gasteiger partial charge in [-0.1, -0.05) is 12.1 Å². The Morgan fingerprint density at radius 1 is 1.12 bits per heavy atom. The van der Waals surface area contributed by atoms with Gasteiger partial charge in [0.15, 0.2) is 11.5 Å². The van der Waals surface area contributed by atoms with E-state index < -0.39 is 21.6 Å². The molecule has 0 amide bonds. The lowest BCUT2D eigenvalue weighted by Gasteiger charge is -2.20. The lowest BCUT2D eigenvalue weighted by molar-refractivity contribution is 0.310. The molecule has 0 saturated heterocycles. The van der Waals surface area contributed by atoms with E-state index in [0.29, 0.717) is 40.4 Å². The minimum absolute atomic E-state index is 0.261. The molecular weight excluding hydrogens is 456 g/mol. The van der Waals surface area contributed by atoms with Crippen molar-refractivity contribution in [3.8, 4) is 22.8 Å². The zero-order valence-electron chi connectivity index (χ0n) is 19.4. The number of methoxy groups -OCH3 is 1. The van der Waals surface area contributed by atoms with Crippen molar-refractivity contribution in [3.63, 3.8) is 0 Å². The predicted octanol–water partition coefficient (Wildman–Crippen LogP) is 3.14. The Kier molecular flexibility index (Phi) is 6.43. The highest BCUT2D eigenvalue weighted by molar-refractivity contribution is 7.90. The van der Waals surface area contributed by atoms with Crippen LogP contribution in [0.25, 0.3) is 22.3 Å². The van der Waals surface area contributed by atoms with Crippen molar-refractivity contribution in [2.45, 2.75) is 19.9 Å². The summed E-state index contributed by atoms with van der Waals surface area (Å²) in [5.41, 5.74) is 3.82. The van der Waals surface area contributed by atoms with E-state index in [-0.39, 0.29) is 5.75 Å². The Labute approximate surface area is 197 Å². The SMILES string of the molecule is CCOc1cc([C@H](CS(C)(=O)=O)n2c(=O)[nH]c3cc(-c4nnccc4C)ccc32)ccc1OC. The van der Waals surface area contributed by atoms with Gasteiger partial charge in [-0.2, -0.15) is 10.2 Å². The van der Waals surface area contributed by atoms with Crippen LogP contribution in [0.1, 0.15) is 24.1 Å². The van der Waals surface area contributed by atoms with E-state index in [9.17, 15) is 13.2 Å². The van der Waals surface area contributed by atoms with E-state index in [1.54, 1.807) is 30.5 Å². The van der Waals surface area contributed by atoms with Crippen LogP contribution in [0.15, 0.2) is 53.5 Å². The molecule has 0 aliphatic carbocycles. The molecule has 1 atom stereocenters. The van der Waals surface area contributed by atoms with E-state index in [4.69, 9.17) is 9.47 Å². The third-order valence-corrected chi connectivity index (χ3v) is 6.48. The molecule has 2 aromatic heterocycles. The van der Waals surface area contributed by atoms with Crippen LogP contribution in [0.5, 0.6) is 11.5 Å². The summed E-state index contributed by atoms with van der Waals surface area (Å²) >= 11 is 0. The number of hydrogen-bond donors (Lipinski definition) is 1. The Morgan fingerprint density at radius 3 is 2.59 bits per heavy atom. The van der Waals surface area contributed by atoms with Crippen molar-refractivity contribution >= 4 is 20.9 Å². The van der Waals surface area contributed by atoms with Gasteiger partial charge in [0.25, 0.3) is 0 Å². The van der Waals surface area contributed by atoms with Crippen molar-refractivity contribution < 1.29 is 17.9 Å². The number of nitrogens with zero attached hydrogens (tertiary/aromatic N) is 3. The molecule has 10 heteroatoms. The van der Waals surface area contributed by atoms with Crippen molar-refractivity contribution in [2.75, 3.05) is 25.7 Å². The molecule has 34 heavy (non-hydrogen) atoms. The first-order valence-electron chi connectivity index (χ1n) is 10.7. The second-order valence-corrected chi connectivity index (χ2v) is 10.2. The van der Waals surface area contributed by atoms with E-state index in [2.05, 4.69) is 15.2 Å². The summed E-state index contributed by atoms with van der Waals surface area (Å²) < 4.78 is 37.2. The number of fused-ring (bicyclic) bond motifs is 1. The number of hydrogen-bond acceptors (Lipinski definition) is 7. The molecule has 1 N–H and O–H groups in total. The maximum atomic E-state index is 13.1. The van der Waals surface area contributed by atoms with Crippen LogP contribution in [0.4, 0.5) is 0 Å². The second-order valence-electron chi connectivity index (χ2n) is 8.05. The van der Waals surface area contributed by atoms with Crippen LogP contribution >= 0.6 is 0 Å². The molecular formula is C24H26N4O5S. The molecule has 0 radical (unpaired) electrons. The summed E-state index contributed by atoms with van der Waals surface area (Å²) in [6.07, 6.45) is 2.78. The molecule has 0 aliphatic rings. The van der Waals surface area contributed by atoms with E-state index in [1.165, 1.54) is 11.7 Å². The highest BCUT2D eigenvalue weighted by Gasteiger charge is 2.25. The Bertz CT molecular complexity index is 1510. The standard InChI is InChI=1S/C24H26N4O5S/c1-5-33-22-13-16(7-9-21(22)32-3)20(14-34(4,30)31)28-19-8-6-17(12-18(19)26-24(28)29)23-15(2)10-11-25-27-23/h6-13,20H,5,14H2,1-4H3,(H,26,29)/t20-/m0/s1. The number of ether oxygens (including phenoxy) is 2. The van der Waals surface area contributed by atoms with Crippen molar-refractivity contribution in [2.24, 2.45) is 0 Å². The van der Waals surface area contributed by atoms with E-state index in [0.717, 1.165) is 17.4 Å². The van der Waals surface area contributed by atoms with E-state index in [1.807, 2.05) is 32.0 Å². The molecule has 9 nitrogen and oxygen atoms in total. The first-order valence-corrected chi connectivity index (χ1v) is 12.8. The van der Waals surface area contributed by atoms with E-state index >= 15 is 0 Å². The Balaban J connectivity index is 1.89. The first-order chi connectivity index (χ1) is 16.2. The highest BCUT2D eigenvalue weighted by Crippen LogP contribution is 2.33. The number of aromatic nitrogens is 4. The third kappa shape index (κ3) is 4.67. The molecule has 0 unspecified atom stereocenters. The minimum atomic E-state index is -3.44. The molecule has 0 aliphatic heterocycles. The van der Waals surface area contributed by atoms with Gasteiger partial charge < -0.3 is 14.5 Å². The molecule has 0 saturated carbocycles. The zero-order chi connectivity index (χ0) is 24.5. The van der Waals surface area contributed by atoms with Gasteiger partial charge in [0.1, 0.15) is 9.84 Å². The molecule has 0 bridgehead atoms. The minimum Gasteiger partial charge on any atom is -0.493 e. The molecule has 2 aromatic carbocycles. The number of rotatable bonds is 8.